The Morgan fingerprint density at radius 2 is 1.87 bits per heavy atom. The first-order valence-electron chi connectivity index (χ1n) is 10.6. The molecule has 1 aromatic heterocycles. The van der Waals surface area contributed by atoms with Gasteiger partial charge in [-0.25, -0.2) is 0 Å². The maximum absolute atomic E-state index is 12.3. The van der Waals surface area contributed by atoms with Gasteiger partial charge in [-0.3, -0.25) is 4.79 Å². The number of anilines is 2. The lowest BCUT2D eigenvalue weighted by molar-refractivity contribution is 0.102. The molecule has 0 atom stereocenters. The largest absolute Gasteiger partial charge is 0.403 e. The van der Waals surface area contributed by atoms with Gasteiger partial charge in [-0.15, -0.1) is 5.10 Å². The highest BCUT2D eigenvalue weighted by Crippen LogP contribution is 2.30. The van der Waals surface area contributed by atoms with E-state index in [0.717, 1.165) is 25.9 Å². The molecule has 4 rings (SSSR count). The van der Waals surface area contributed by atoms with E-state index in [0.29, 0.717) is 33.7 Å². The van der Waals surface area contributed by atoms with Crippen molar-refractivity contribution in [2.75, 3.05) is 36.8 Å². The monoisotopic (exact) mass is 439 g/mol. The van der Waals surface area contributed by atoms with E-state index in [2.05, 4.69) is 25.7 Å². The molecule has 2 N–H and O–H groups in total. The standard InChI is InChI=1S/C23H26ClN5O2/c24-20-16-18(26-21(30)17-8-2-1-3-9-17)10-11-19(20)22-27-28-23(31-22)25-12-4-5-13-29-14-6-7-15-29/h1-3,8-11,16H,4-7,12-15H2,(H,25,28)(H,26,30). The molecule has 0 saturated carbocycles. The Morgan fingerprint density at radius 3 is 2.65 bits per heavy atom. The maximum Gasteiger partial charge on any atom is 0.315 e. The molecule has 1 amide bonds. The third kappa shape index (κ3) is 5.83. The number of carbonyl (C=O) groups excluding carboxylic acids is 1. The second-order valence-electron chi connectivity index (χ2n) is 7.61. The summed E-state index contributed by atoms with van der Waals surface area (Å²) in [7, 11) is 0. The fourth-order valence-electron chi connectivity index (χ4n) is 3.62. The molecule has 1 aliphatic rings. The maximum atomic E-state index is 12.3. The number of hydrogen-bond donors (Lipinski definition) is 2. The normalized spacial score (nSPS) is 14.0. The van der Waals surface area contributed by atoms with Crippen molar-refractivity contribution < 1.29 is 9.21 Å². The number of rotatable bonds is 9. The van der Waals surface area contributed by atoms with Crippen molar-refractivity contribution >= 4 is 29.2 Å². The molecule has 31 heavy (non-hydrogen) atoms. The number of aromatic nitrogens is 2. The zero-order chi connectivity index (χ0) is 21.5. The average Bonchev–Trinajstić information content (AvgIpc) is 3.47. The molecule has 1 saturated heterocycles. The Kier molecular flexibility index (Phi) is 7.17. The first-order chi connectivity index (χ1) is 15.2. The van der Waals surface area contributed by atoms with Gasteiger partial charge < -0.3 is 20.0 Å². The summed E-state index contributed by atoms with van der Waals surface area (Å²) in [6.45, 7) is 4.40. The van der Waals surface area contributed by atoms with Gasteiger partial charge in [0.05, 0.1) is 10.6 Å². The summed E-state index contributed by atoms with van der Waals surface area (Å²) in [6, 6.07) is 14.6. The lowest BCUT2D eigenvalue weighted by Gasteiger charge is -2.13. The summed E-state index contributed by atoms with van der Waals surface area (Å²) >= 11 is 6.41. The number of likely N-dealkylation sites (tertiary alicyclic amines) is 1. The van der Waals surface area contributed by atoms with Gasteiger partial charge in [0.15, 0.2) is 0 Å². The summed E-state index contributed by atoms with van der Waals surface area (Å²) < 4.78 is 5.71. The number of amides is 1. The summed E-state index contributed by atoms with van der Waals surface area (Å²) in [5, 5.41) is 14.6. The van der Waals surface area contributed by atoms with E-state index in [1.54, 1.807) is 30.3 Å². The van der Waals surface area contributed by atoms with Crippen molar-refractivity contribution in [1.29, 1.82) is 0 Å². The molecule has 0 aliphatic carbocycles. The van der Waals surface area contributed by atoms with Gasteiger partial charge in [-0.2, -0.15) is 0 Å². The highest BCUT2D eigenvalue weighted by Gasteiger charge is 2.14. The molecule has 0 spiro atoms. The molecular formula is C23H26ClN5O2. The number of carbonyl (C=O) groups is 1. The molecule has 1 fully saturated rings. The predicted octanol–water partition coefficient (Wildman–Crippen LogP) is 4.93. The number of nitrogens with one attached hydrogen (secondary N) is 2. The lowest BCUT2D eigenvalue weighted by Crippen LogP contribution is -2.20. The molecular weight excluding hydrogens is 414 g/mol. The Balaban J connectivity index is 1.29. The highest BCUT2D eigenvalue weighted by atomic mass is 35.5. The zero-order valence-electron chi connectivity index (χ0n) is 17.3. The minimum absolute atomic E-state index is 0.196. The van der Waals surface area contributed by atoms with Gasteiger partial charge in [0.2, 0.25) is 0 Å². The second kappa shape index (κ2) is 10.4. The molecule has 7 nitrogen and oxygen atoms in total. The highest BCUT2D eigenvalue weighted by molar-refractivity contribution is 6.33. The minimum Gasteiger partial charge on any atom is -0.403 e. The molecule has 0 bridgehead atoms. The fourth-order valence-corrected chi connectivity index (χ4v) is 3.89. The summed E-state index contributed by atoms with van der Waals surface area (Å²) in [5.74, 6) is 0.143. The molecule has 2 aromatic carbocycles. The van der Waals surface area contributed by atoms with Crippen LogP contribution < -0.4 is 10.6 Å². The Hall–Kier alpha value is -2.90. The van der Waals surface area contributed by atoms with Crippen LogP contribution in [0, 0.1) is 0 Å². The van der Waals surface area contributed by atoms with Crippen LogP contribution in [-0.4, -0.2) is 47.2 Å². The number of unbranched alkanes of at least 4 members (excludes halogenated alkanes) is 1. The molecule has 0 radical (unpaired) electrons. The van der Waals surface area contributed by atoms with E-state index in [-0.39, 0.29) is 5.91 Å². The first-order valence-corrected chi connectivity index (χ1v) is 11.0. The van der Waals surface area contributed by atoms with Crippen molar-refractivity contribution in [2.24, 2.45) is 0 Å². The molecule has 0 unspecified atom stereocenters. The van der Waals surface area contributed by atoms with Crippen molar-refractivity contribution in [3.8, 4) is 11.5 Å². The van der Waals surface area contributed by atoms with Crippen LogP contribution in [0.3, 0.4) is 0 Å². The number of benzene rings is 2. The third-order valence-corrected chi connectivity index (χ3v) is 5.61. The van der Waals surface area contributed by atoms with Gasteiger partial charge in [0.1, 0.15) is 0 Å². The van der Waals surface area contributed by atoms with Crippen LogP contribution in [0.5, 0.6) is 0 Å². The van der Waals surface area contributed by atoms with Gasteiger partial charge in [0, 0.05) is 17.8 Å². The van der Waals surface area contributed by atoms with Gasteiger partial charge >= 0.3 is 6.01 Å². The van der Waals surface area contributed by atoms with Crippen LogP contribution >= 0.6 is 11.6 Å². The van der Waals surface area contributed by atoms with E-state index in [1.165, 1.54) is 25.9 Å². The second-order valence-corrected chi connectivity index (χ2v) is 8.02. The predicted molar refractivity (Wildman–Crippen MR) is 123 cm³/mol. The zero-order valence-corrected chi connectivity index (χ0v) is 18.1. The molecule has 162 valence electrons. The molecule has 8 heteroatoms. The number of hydrogen-bond acceptors (Lipinski definition) is 6. The fraction of sp³-hybridized carbons (Fsp3) is 0.348. The van der Waals surface area contributed by atoms with Crippen LogP contribution in [0.15, 0.2) is 52.9 Å². The summed E-state index contributed by atoms with van der Waals surface area (Å²) in [6.07, 6.45) is 4.85. The SMILES string of the molecule is O=C(Nc1ccc(-c2nnc(NCCCCN3CCCC3)o2)c(Cl)c1)c1ccccc1. The van der Waals surface area contributed by atoms with E-state index >= 15 is 0 Å². The van der Waals surface area contributed by atoms with Crippen molar-refractivity contribution in [3.05, 3.63) is 59.1 Å². The Labute approximate surface area is 186 Å². The number of nitrogens with zero attached hydrogens (tertiary/aromatic N) is 3. The first kappa shape index (κ1) is 21.3. The minimum atomic E-state index is -0.196. The van der Waals surface area contributed by atoms with E-state index in [9.17, 15) is 4.79 Å². The van der Waals surface area contributed by atoms with E-state index in [4.69, 9.17) is 16.0 Å². The van der Waals surface area contributed by atoms with Crippen LogP contribution in [0.4, 0.5) is 11.7 Å². The Bertz CT molecular complexity index is 1000. The molecule has 2 heterocycles. The lowest BCUT2D eigenvalue weighted by atomic mass is 10.2. The van der Waals surface area contributed by atoms with Gasteiger partial charge in [-0.1, -0.05) is 34.9 Å². The summed E-state index contributed by atoms with van der Waals surface area (Å²) in [5.41, 5.74) is 1.79. The van der Waals surface area contributed by atoms with Crippen LogP contribution in [0.25, 0.3) is 11.5 Å². The van der Waals surface area contributed by atoms with Crippen molar-refractivity contribution in [2.45, 2.75) is 25.7 Å². The van der Waals surface area contributed by atoms with Crippen LogP contribution in [0.2, 0.25) is 5.02 Å². The summed E-state index contributed by atoms with van der Waals surface area (Å²) in [4.78, 5) is 14.8. The smallest absolute Gasteiger partial charge is 0.315 e. The van der Waals surface area contributed by atoms with Crippen molar-refractivity contribution in [3.63, 3.8) is 0 Å². The topological polar surface area (TPSA) is 83.3 Å². The average molecular weight is 440 g/mol. The Morgan fingerprint density at radius 1 is 1.06 bits per heavy atom. The van der Waals surface area contributed by atoms with Gasteiger partial charge in [0.25, 0.3) is 11.8 Å². The van der Waals surface area contributed by atoms with Crippen LogP contribution in [0.1, 0.15) is 36.0 Å². The number of halogens is 1. The van der Waals surface area contributed by atoms with E-state index in [1.807, 2.05) is 18.2 Å². The van der Waals surface area contributed by atoms with Crippen molar-refractivity contribution in [1.82, 2.24) is 15.1 Å². The molecule has 1 aliphatic heterocycles. The van der Waals surface area contributed by atoms with E-state index < -0.39 is 0 Å². The van der Waals surface area contributed by atoms with Crippen LogP contribution in [-0.2, 0) is 0 Å². The van der Waals surface area contributed by atoms with Gasteiger partial charge in [-0.05, 0) is 75.6 Å². The molecule has 3 aromatic rings. The third-order valence-electron chi connectivity index (χ3n) is 5.29. The quantitative estimate of drug-likeness (QED) is 0.460.